The van der Waals surface area contributed by atoms with Gasteiger partial charge >= 0.3 is 0 Å². The van der Waals surface area contributed by atoms with Crippen molar-refractivity contribution in [1.82, 2.24) is 9.71 Å². The van der Waals surface area contributed by atoms with E-state index in [-0.39, 0.29) is 4.21 Å². The van der Waals surface area contributed by atoms with Crippen LogP contribution in [0, 0.1) is 0 Å². The van der Waals surface area contributed by atoms with Gasteiger partial charge in [-0.05, 0) is 54.8 Å². The van der Waals surface area contributed by atoms with E-state index < -0.39 is 22.0 Å². The van der Waals surface area contributed by atoms with Crippen LogP contribution < -0.4 is 14.8 Å². The fraction of sp³-hybridized carbons (Fsp3) is 0.111. The van der Waals surface area contributed by atoms with Crippen molar-refractivity contribution < 1.29 is 17.9 Å². The number of thiophene rings is 1. The maximum atomic E-state index is 12.3. The fourth-order valence-corrected chi connectivity index (χ4v) is 4.37. The van der Waals surface area contributed by atoms with Gasteiger partial charge in [-0.2, -0.15) is 4.72 Å². The van der Waals surface area contributed by atoms with Crippen LogP contribution in [0.3, 0.4) is 0 Å². The predicted molar refractivity (Wildman–Crippen MR) is 103 cm³/mol. The average molecular weight is 403 g/mol. The minimum atomic E-state index is -3.71. The van der Waals surface area contributed by atoms with Crippen molar-refractivity contribution >= 4 is 33.0 Å². The Morgan fingerprint density at radius 2 is 1.74 bits per heavy atom. The van der Waals surface area contributed by atoms with Crippen LogP contribution in [-0.4, -0.2) is 25.4 Å². The molecule has 27 heavy (non-hydrogen) atoms. The molecular weight excluding hydrogens is 386 g/mol. The number of rotatable bonds is 7. The Bertz CT molecular complexity index is 989. The summed E-state index contributed by atoms with van der Waals surface area (Å²) < 4.78 is 32.5. The summed E-state index contributed by atoms with van der Waals surface area (Å²) in [5, 5.41) is 4.33. The minimum absolute atomic E-state index is 0.166. The number of hydrogen-bond acceptors (Lipinski definition) is 6. The third kappa shape index (κ3) is 5.13. The molecule has 1 atom stereocenters. The van der Waals surface area contributed by atoms with Crippen LogP contribution in [0.1, 0.15) is 6.92 Å². The monoisotopic (exact) mass is 403 g/mol. The zero-order valence-corrected chi connectivity index (χ0v) is 16.0. The van der Waals surface area contributed by atoms with E-state index in [4.69, 9.17) is 4.74 Å². The highest BCUT2D eigenvalue weighted by molar-refractivity contribution is 7.91. The molecule has 2 aromatic heterocycles. The van der Waals surface area contributed by atoms with Gasteiger partial charge in [-0.3, -0.25) is 9.78 Å². The molecule has 0 saturated heterocycles. The molecule has 9 heteroatoms. The Kier molecular flexibility index (Phi) is 5.84. The van der Waals surface area contributed by atoms with Crippen LogP contribution in [0.2, 0.25) is 0 Å². The number of nitrogens with one attached hydrogen (secondary N) is 2. The standard InChI is InChI=1S/C18H17N3O4S2/c1-13(21-27(23,24)17-3-2-12-26-17)18(22)20-14-4-6-15(7-5-14)25-16-8-10-19-11-9-16/h2-13,21H,1H3,(H,20,22). The van der Waals surface area contributed by atoms with Gasteiger partial charge in [-0.1, -0.05) is 6.07 Å². The topological polar surface area (TPSA) is 97.4 Å². The Labute approximate surface area is 161 Å². The predicted octanol–water partition coefficient (Wildman–Crippen LogP) is 3.24. The molecule has 0 bridgehead atoms. The zero-order valence-electron chi connectivity index (χ0n) is 14.3. The first-order chi connectivity index (χ1) is 12.9. The van der Waals surface area contributed by atoms with Crippen molar-refractivity contribution in [3.05, 3.63) is 66.3 Å². The highest BCUT2D eigenvalue weighted by atomic mass is 32.2. The molecule has 0 aliphatic heterocycles. The molecule has 0 aliphatic rings. The van der Waals surface area contributed by atoms with Gasteiger partial charge < -0.3 is 10.1 Å². The molecule has 0 aliphatic carbocycles. The van der Waals surface area contributed by atoms with Crippen LogP contribution in [0.5, 0.6) is 11.5 Å². The second kappa shape index (κ2) is 8.30. The molecule has 0 saturated carbocycles. The second-order valence-electron chi connectivity index (χ2n) is 5.57. The summed E-state index contributed by atoms with van der Waals surface area (Å²) >= 11 is 1.09. The Morgan fingerprint density at radius 3 is 2.37 bits per heavy atom. The summed E-state index contributed by atoms with van der Waals surface area (Å²) in [6, 6.07) is 12.4. The van der Waals surface area contributed by atoms with Gasteiger partial charge in [0.1, 0.15) is 15.7 Å². The summed E-state index contributed by atoms with van der Waals surface area (Å²) in [7, 11) is -3.71. The smallest absolute Gasteiger partial charge is 0.250 e. The Balaban J connectivity index is 1.59. The van der Waals surface area contributed by atoms with Crippen molar-refractivity contribution in [1.29, 1.82) is 0 Å². The number of aromatic nitrogens is 1. The number of nitrogens with zero attached hydrogens (tertiary/aromatic N) is 1. The maximum Gasteiger partial charge on any atom is 0.250 e. The van der Waals surface area contributed by atoms with Gasteiger partial charge in [0.15, 0.2) is 0 Å². The number of amides is 1. The van der Waals surface area contributed by atoms with Crippen LogP contribution in [0.15, 0.2) is 70.5 Å². The number of benzene rings is 1. The zero-order chi connectivity index (χ0) is 19.3. The Hall–Kier alpha value is -2.75. The molecule has 2 heterocycles. The van der Waals surface area contributed by atoms with Crippen LogP contribution in [0.25, 0.3) is 0 Å². The van der Waals surface area contributed by atoms with Gasteiger partial charge in [0, 0.05) is 18.1 Å². The van der Waals surface area contributed by atoms with E-state index in [1.165, 1.54) is 13.0 Å². The number of anilines is 1. The van der Waals surface area contributed by atoms with Gasteiger partial charge in [0.2, 0.25) is 5.91 Å². The average Bonchev–Trinajstić information content (AvgIpc) is 3.19. The molecule has 7 nitrogen and oxygen atoms in total. The summed E-state index contributed by atoms with van der Waals surface area (Å²) in [5.41, 5.74) is 0.532. The summed E-state index contributed by atoms with van der Waals surface area (Å²) in [4.78, 5) is 16.2. The molecular formula is C18H17N3O4S2. The van der Waals surface area contributed by atoms with E-state index in [1.807, 2.05) is 0 Å². The molecule has 0 radical (unpaired) electrons. The van der Waals surface area contributed by atoms with E-state index in [2.05, 4.69) is 15.0 Å². The number of ether oxygens (including phenoxy) is 1. The van der Waals surface area contributed by atoms with E-state index in [9.17, 15) is 13.2 Å². The number of sulfonamides is 1. The third-order valence-electron chi connectivity index (χ3n) is 3.49. The molecule has 1 aromatic carbocycles. The lowest BCUT2D eigenvalue weighted by molar-refractivity contribution is -0.117. The lowest BCUT2D eigenvalue weighted by Crippen LogP contribution is -2.41. The molecule has 140 valence electrons. The van der Waals surface area contributed by atoms with Gasteiger partial charge in [-0.25, -0.2) is 8.42 Å². The SMILES string of the molecule is CC(NS(=O)(=O)c1cccs1)C(=O)Nc1ccc(Oc2ccncc2)cc1. The van der Waals surface area contributed by atoms with Gasteiger partial charge in [0.25, 0.3) is 10.0 Å². The number of pyridine rings is 1. The summed E-state index contributed by atoms with van der Waals surface area (Å²) in [6.45, 7) is 1.49. The quantitative estimate of drug-likeness (QED) is 0.631. The number of hydrogen-bond donors (Lipinski definition) is 2. The molecule has 2 N–H and O–H groups in total. The molecule has 1 amide bonds. The minimum Gasteiger partial charge on any atom is -0.457 e. The highest BCUT2D eigenvalue weighted by Gasteiger charge is 2.22. The van der Waals surface area contributed by atoms with Crippen LogP contribution in [0.4, 0.5) is 5.69 Å². The lowest BCUT2D eigenvalue weighted by Gasteiger charge is -2.14. The normalized spacial score (nSPS) is 12.3. The summed E-state index contributed by atoms with van der Waals surface area (Å²) in [5.74, 6) is 0.793. The van der Waals surface area contributed by atoms with Gasteiger partial charge in [0.05, 0.1) is 6.04 Å². The highest BCUT2D eigenvalue weighted by Crippen LogP contribution is 2.22. The van der Waals surface area contributed by atoms with Crippen molar-refractivity contribution in [2.24, 2.45) is 0 Å². The van der Waals surface area contributed by atoms with E-state index in [0.717, 1.165) is 11.3 Å². The summed E-state index contributed by atoms with van der Waals surface area (Å²) in [6.07, 6.45) is 3.26. The van der Waals surface area contributed by atoms with Crippen LogP contribution in [-0.2, 0) is 14.8 Å². The van der Waals surface area contributed by atoms with E-state index >= 15 is 0 Å². The molecule has 1 unspecified atom stereocenters. The molecule has 0 spiro atoms. The van der Waals surface area contributed by atoms with Crippen LogP contribution >= 0.6 is 11.3 Å². The molecule has 3 aromatic rings. The van der Waals surface area contributed by atoms with E-state index in [0.29, 0.717) is 17.2 Å². The Morgan fingerprint density at radius 1 is 1.07 bits per heavy atom. The van der Waals surface area contributed by atoms with Gasteiger partial charge in [-0.15, -0.1) is 11.3 Å². The third-order valence-corrected chi connectivity index (χ3v) is 6.43. The first-order valence-corrected chi connectivity index (χ1v) is 10.3. The largest absolute Gasteiger partial charge is 0.457 e. The first-order valence-electron chi connectivity index (χ1n) is 7.99. The fourth-order valence-electron chi connectivity index (χ4n) is 2.16. The van der Waals surface area contributed by atoms with Crippen molar-refractivity contribution in [3.63, 3.8) is 0 Å². The first kappa shape index (κ1) is 19.0. The number of carbonyl (C=O) groups excluding carboxylic acids is 1. The maximum absolute atomic E-state index is 12.3. The van der Waals surface area contributed by atoms with E-state index in [1.54, 1.807) is 60.2 Å². The number of carbonyl (C=O) groups is 1. The molecule has 3 rings (SSSR count). The van der Waals surface area contributed by atoms with Crippen molar-refractivity contribution in [2.75, 3.05) is 5.32 Å². The molecule has 0 fully saturated rings. The van der Waals surface area contributed by atoms with Crippen molar-refractivity contribution in [2.45, 2.75) is 17.2 Å². The van der Waals surface area contributed by atoms with Crippen molar-refractivity contribution in [3.8, 4) is 11.5 Å². The second-order valence-corrected chi connectivity index (χ2v) is 8.46. The lowest BCUT2D eigenvalue weighted by atomic mass is 10.2.